The Kier molecular flexibility index (Phi) is 38.0. The highest BCUT2D eigenvalue weighted by molar-refractivity contribution is 5.78. The van der Waals surface area contributed by atoms with E-state index in [1.807, 2.05) is 0 Å². The van der Waals surface area contributed by atoms with Crippen molar-refractivity contribution in [2.45, 2.75) is 347 Å². The second kappa shape index (κ2) is 46.1. The minimum absolute atomic E-state index is 0.847. The van der Waals surface area contributed by atoms with Crippen LogP contribution in [0.15, 0.2) is 0 Å². The first-order chi connectivity index (χ1) is 60.9. The number of carbonyl (C=O) groups is 5. The van der Waals surface area contributed by atoms with Crippen molar-refractivity contribution in [2.24, 2.45) is 0 Å². The van der Waals surface area contributed by atoms with E-state index < -0.39 is 414 Å². The van der Waals surface area contributed by atoms with Gasteiger partial charge in [-0.3, -0.25) is 19.2 Å². The maximum atomic E-state index is 13.3. The molecule has 0 saturated carbocycles. The molecule has 10 fully saturated rings. The molecule has 10 aliphatic rings. The van der Waals surface area contributed by atoms with E-state index >= 15 is 0 Å². The molecule has 0 aromatic heterocycles. The smallest absolute Gasteiger partial charge is 0.364 e. The van der Waals surface area contributed by atoms with E-state index in [9.17, 15) is 177 Å². The molecule has 4 amide bonds. The van der Waals surface area contributed by atoms with Crippen molar-refractivity contribution in [2.75, 3.05) is 66.1 Å². The molecule has 0 aromatic rings. The molecule has 51 atom stereocenters. The molecule has 10 rings (SSSR count). The lowest BCUT2D eigenvalue weighted by molar-refractivity contribution is -0.400. The van der Waals surface area contributed by atoms with Crippen LogP contribution in [0, 0.1) is 0 Å². The third kappa shape index (κ3) is 23.5. The number of aliphatic carboxylic acids is 1. The number of hydrogen-bond acceptors (Lipinski definition) is 53. The molecule has 0 bridgehead atoms. The number of nitrogens with one attached hydrogen (secondary N) is 4. The van der Waals surface area contributed by atoms with Gasteiger partial charge in [0, 0.05) is 27.2 Å². The summed E-state index contributed by atoms with van der Waals surface area (Å²) in [5, 5.41) is 343. The number of aliphatic hydroxyl groups excluding tert-OH is 29. The third-order valence-electron chi connectivity index (χ3n) is 23.5. The Labute approximate surface area is 728 Å². The van der Waals surface area contributed by atoms with Crippen LogP contribution in [0.25, 0.3) is 0 Å². The van der Waals surface area contributed by atoms with Gasteiger partial charge in [0.1, 0.15) is 238 Å². The van der Waals surface area contributed by atoms with Crippen LogP contribution in [0.5, 0.6) is 0 Å². The van der Waals surface area contributed by atoms with Gasteiger partial charge in [-0.15, -0.1) is 0 Å². The highest BCUT2D eigenvalue weighted by atomic mass is 16.8. The van der Waals surface area contributed by atoms with Crippen molar-refractivity contribution in [3.8, 4) is 0 Å². The van der Waals surface area contributed by atoms with Crippen LogP contribution in [0.4, 0.5) is 0 Å². The lowest BCUT2D eigenvalue weighted by atomic mass is 9.88. The summed E-state index contributed by atoms with van der Waals surface area (Å²) in [5.74, 6) is -9.79. The quantitative estimate of drug-likeness (QED) is 0.0280. The molecular weight excluding hydrogens is 1770 g/mol. The predicted octanol–water partition coefficient (Wildman–Crippen LogP) is -23.0. The molecule has 0 aromatic carbocycles. The molecular formula is C71H118N4O54. The van der Waals surface area contributed by atoms with E-state index in [0.717, 1.165) is 20.8 Å². The molecule has 0 aliphatic carbocycles. The van der Waals surface area contributed by atoms with Crippen LogP contribution < -0.4 is 21.3 Å². The normalized spacial score (nSPS) is 48.1. The standard InChI is InChI=1S/C71H118N4O54/c1-16-35(90)45(100)48(103)64(113-16)112-15-29-55(42(97)32(61(108)114-29)72-17(2)84)122-62-33(73-18(3)85)43(98)53(26(11-81)119-62)123-67-51(106)58(41(96)28(121-67)14-111-65-50(105)57(39(94)24(9-79)115-65)125-66-49(104)46(101)37(92)22(7-77)116-66)126-69-60(47(102)38(93)23(8-78)118-69)127-63-34(74-19(4)86)44(99)54(27(12-82)120-63)124-68-52(107)59(40(95)25(10-80)117-68)129-71(70(109)110)5-20(87)31(75-30(89)13-83)56(128-71)36(91)21(88)6-76/h16,20-29,31-69,76-83,87-88,90-108H,5-15H2,1-4H3,(H,72,84)(H,73,85)(H,74,86)(H,75,89)(H,109,110)/t16-,20-,21+,22+,23+,24+,25+,26+,27+,28+,29+,31+,32+,33+,34+,35+,36+,37+,38+,39+,40-,41+,42+,43+,44+,45+,46-,47-,48-,49-,50-,51-,52+,53+,54+,55+,56+,57-,58-,59-,60-,61?,62-,63-,64+,65-,66+,67-,68-,69+,71-/m0/s1. The largest absolute Gasteiger partial charge is 0.477 e. The molecule has 10 heterocycles. The van der Waals surface area contributed by atoms with E-state index in [2.05, 4.69) is 21.3 Å². The Hall–Kier alpha value is -4.57. The summed E-state index contributed by atoms with van der Waals surface area (Å²) in [6.45, 7) is -7.82. The summed E-state index contributed by atoms with van der Waals surface area (Å²) < 4.78 is 112. The molecule has 58 nitrogen and oxygen atoms in total. The number of aliphatic hydroxyl groups is 29. The minimum atomic E-state index is -3.39. The van der Waals surface area contributed by atoms with Crippen LogP contribution in [-0.2, 0) is 114 Å². The van der Waals surface area contributed by atoms with Crippen LogP contribution in [0.3, 0.4) is 0 Å². The zero-order valence-electron chi connectivity index (χ0n) is 68.9. The van der Waals surface area contributed by atoms with Crippen molar-refractivity contribution in [1.82, 2.24) is 21.3 Å². The van der Waals surface area contributed by atoms with Crippen molar-refractivity contribution in [3.63, 3.8) is 0 Å². The zero-order valence-corrected chi connectivity index (χ0v) is 68.9. The van der Waals surface area contributed by atoms with Gasteiger partial charge in [-0.2, -0.15) is 0 Å². The van der Waals surface area contributed by atoms with Crippen molar-refractivity contribution in [1.29, 1.82) is 0 Å². The minimum Gasteiger partial charge on any atom is -0.477 e. The fourth-order valence-electron chi connectivity index (χ4n) is 16.5. The van der Waals surface area contributed by atoms with E-state index in [-0.39, 0.29) is 0 Å². The van der Waals surface area contributed by atoms with Gasteiger partial charge >= 0.3 is 5.97 Å². The van der Waals surface area contributed by atoms with Gasteiger partial charge in [0.05, 0.1) is 77.7 Å². The highest BCUT2D eigenvalue weighted by Gasteiger charge is 2.64. The van der Waals surface area contributed by atoms with Gasteiger partial charge in [-0.25, -0.2) is 4.79 Å². The average molecular weight is 1890 g/mol. The van der Waals surface area contributed by atoms with Gasteiger partial charge in [-0.05, 0) is 6.92 Å². The first kappa shape index (κ1) is 106. The van der Waals surface area contributed by atoms with Gasteiger partial charge in [0.25, 0.3) is 5.79 Å². The first-order valence-corrected chi connectivity index (χ1v) is 40.8. The topological polar surface area (TPSA) is 916 Å². The number of amides is 4. The predicted molar refractivity (Wildman–Crippen MR) is 393 cm³/mol. The van der Waals surface area contributed by atoms with Crippen LogP contribution in [0.1, 0.15) is 34.1 Å². The molecule has 1 unspecified atom stereocenters. The molecule has 746 valence electrons. The number of hydrogen-bond donors (Lipinski definition) is 34. The van der Waals surface area contributed by atoms with Gasteiger partial charge < -0.3 is 264 Å². The molecule has 0 spiro atoms. The molecule has 34 N–H and O–H groups in total. The summed E-state index contributed by atoms with van der Waals surface area (Å²) in [4.78, 5) is 64.6. The summed E-state index contributed by atoms with van der Waals surface area (Å²) in [5.41, 5.74) is 0. The number of carboxylic acid groups (broad SMARTS) is 1. The van der Waals surface area contributed by atoms with E-state index in [1.165, 1.54) is 6.92 Å². The Morgan fingerprint density at radius 3 is 1.21 bits per heavy atom. The lowest BCUT2D eigenvalue weighted by Gasteiger charge is -2.51. The summed E-state index contributed by atoms with van der Waals surface area (Å²) in [6, 6.07) is -7.88. The summed E-state index contributed by atoms with van der Waals surface area (Å²) in [7, 11) is 0. The van der Waals surface area contributed by atoms with Gasteiger partial charge in [0.2, 0.25) is 23.6 Å². The van der Waals surface area contributed by atoms with Crippen molar-refractivity contribution < 1.29 is 267 Å². The average Bonchev–Trinajstić information content (AvgIpc) is 0.745. The monoisotopic (exact) mass is 1890 g/mol. The van der Waals surface area contributed by atoms with Crippen molar-refractivity contribution in [3.05, 3.63) is 0 Å². The third-order valence-corrected chi connectivity index (χ3v) is 23.5. The SMILES string of the molecule is CC(=O)N[C@H]1[C@H](O[C@H]2[C@H](O)[C@@H](NC(C)=O)C(O)O[C@@H]2CO[C@@H]2O[C@@H](C)[C@@H](O)[C@@H](O)[C@@H]2O)O[C@H](CO)[C@@H](O[C@@H]2O[C@H](CO[C@H]3O[C@H](CO)[C@@H](O)[C@H](O[C@H]4O[C@H](CO)[C@@H](O)[C@H](O)[C@@H]4O)[C@@H]3O)[C@@H](O)[C@H](O[C@H]3O[C@H](CO)[C@@H](O)[C@H](O)[C@@H]3O[C@@H]3O[C@H](CO)[C@@H](O[C@@H]4O[C@H](CO)[C@H](O)[C@H](O[C@]5(C(=O)O)C[C@H](O)[C@@H](NC(=O)CO)[C@H]([C@H](O)[C@H](O)CO)O5)[C@H]4O)[C@H](O)[C@H]3NC(C)=O)[C@@H]2O)[C@@H]1O. The van der Waals surface area contributed by atoms with Crippen LogP contribution >= 0.6 is 0 Å². The van der Waals surface area contributed by atoms with Gasteiger partial charge in [0.15, 0.2) is 56.6 Å². The number of carboxylic acids is 1. The van der Waals surface area contributed by atoms with E-state index in [1.54, 1.807) is 0 Å². The Balaban J connectivity index is 0.955. The van der Waals surface area contributed by atoms with E-state index in [0.29, 0.717) is 0 Å². The Morgan fingerprint density at radius 2 is 0.713 bits per heavy atom. The van der Waals surface area contributed by atoms with Crippen LogP contribution in [-0.4, -0.2) is 561 Å². The number of ether oxygens (including phenoxy) is 19. The number of carbonyl (C=O) groups excluding carboxylic acids is 4. The lowest BCUT2D eigenvalue weighted by Crippen LogP contribution is -2.71. The summed E-state index contributed by atoms with van der Waals surface area (Å²) >= 11 is 0. The zero-order chi connectivity index (χ0) is 95.3. The van der Waals surface area contributed by atoms with E-state index in [4.69, 9.17) is 90.0 Å². The fraction of sp³-hybridized carbons (Fsp3) is 0.930. The molecule has 129 heavy (non-hydrogen) atoms. The molecule has 58 heteroatoms. The summed E-state index contributed by atoms with van der Waals surface area (Å²) in [6.07, 6.45) is -101. The highest BCUT2D eigenvalue weighted by Crippen LogP contribution is 2.43. The van der Waals surface area contributed by atoms with Crippen LogP contribution in [0.2, 0.25) is 0 Å². The fourth-order valence-corrected chi connectivity index (χ4v) is 16.5. The maximum Gasteiger partial charge on any atom is 0.364 e. The maximum absolute atomic E-state index is 13.3. The molecule has 10 aliphatic heterocycles. The Morgan fingerprint density at radius 1 is 0.349 bits per heavy atom. The van der Waals surface area contributed by atoms with Crippen molar-refractivity contribution >= 4 is 29.6 Å². The Bertz CT molecular complexity index is 3550. The second-order valence-electron chi connectivity index (χ2n) is 32.4. The van der Waals surface area contributed by atoms with Gasteiger partial charge in [-0.1, -0.05) is 0 Å². The molecule has 10 saturated heterocycles. The number of rotatable bonds is 35. The molecule has 0 radical (unpaired) electrons. The first-order valence-electron chi connectivity index (χ1n) is 40.8. The second-order valence-corrected chi connectivity index (χ2v) is 32.4.